The summed E-state index contributed by atoms with van der Waals surface area (Å²) in [6.45, 7) is 3.61. The SMILES string of the molecule is CCNC(=NCc1ccc(S(=O)(=O)NC2CC2)cc1)NCc1nnc2ccccn12. The molecule has 1 aliphatic rings. The van der Waals surface area contributed by atoms with Crippen LogP contribution in [0, 0.1) is 0 Å². The number of rotatable bonds is 8. The van der Waals surface area contributed by atoms with Gasteiger partial charge in [0, 0.05) is 18.8 Å². The van der Waals surface area contributed by atoms with Crippen molar-refractivity contribution in [1.29, 1.82) is 0 Å². The minimum Gasteiger partial charge on any atom is -0.357 e. The highest BCUT2D eigenvalue weighted by Crippen LogP contribution is 2.22. The topological polar surface area (TPSA) is 113 Å². The van der Waals surface area contributed by atoms with Gasteiger partial charge in [0.2, 0.25) is 10.0 Å². The Kier molecular flexibility index (Phi) is 5.96. The number of fused-ring (bicyclic) bond motifs is 1. The Bertz CT molecular complexity index is 1140. The Morgan fingerprint density at radius 1 is 1.13 bits per heavy atom. The van der Waals surface area contributed by atoms with Crippen molar-refractivity contribution >= 4 is 21.6 Å². The first-order chi connectivity index (χ1) is 14.5. The molecule has 0 spiro atoms. The second-order valence-corrected chi connectivity index (χ2v) is 8.85. The fourth-order valence-corrected chi connectivity index (χ4v) is 4.25. The largest absolute Gasteiger partial charge is 0.357 e. The van der Waals surface area contributed by atoms with Crippen LogP contribution in [0.5, 0.6) is 0 Å². The number of sulfonamides is 1. The van der Waals surface area contributed by atoms with Crippen molar-refractivity contribution in [3.63, 3.8) is 0 Å². The minimum absolute atomic E-state index is 0.0930. The van der Waals surface area contributed by atoms with Gasteiger partial charge in [-0.3, -0.25) is 4.40 Å². The summed E-state index contributed by atoms with van der Waals surface area (Å²) in [4.78, 5) is 4.87. The van der Waals surface area contributed by atoms with Gasteiger partial charge >= 0.3 is 0 Å². The van der Waals surface area contributed by atoms with Gasteiger partial charge in [-0.1, -0.05) is 18.2 Å². The number of hydrogen-bond acceptors (Lipinski definition) is 5. The van der Waals surface area contributed by atoms with E-state index < -0.39 is 10.0 Å². The Morgan fingerprint density at radius 3 is 2.67 bits per heavy atom. The van der Waals surface area contributed by atoms with Crippen molar-refractivity contribution in [2.45, 2.75) is 43.8 Å². The first-order valence-electron chi connectivity index (χ1n) is 9.97. The summed E-state index contributed by atoms with van der Waals surface area (Å²) in [6, 6.07) is 12.7. The van der Waals surface area contributed by atoms with E-state index in [1.807, 2.05) is 35.7 Å². The molecule has 4 rings (SSSR count). The summed E-state index contributed by atoms with van der Waals surface area (Å²) < 4.78 is 29.1. The van der Waals surface area contributed by atoms with Crippen LogP contribution in [0.4, 0.5) is 0 Å². The molecule has 1 aliphatic carbocycles. The van der Waals surface area contributed by atoms with Gasteiger partial charge < -0.3 is 10.6 Å². The molecule has 0 amide bonds. The van der Waals surface area contributed by atoms with Crippen LogP contribution in [-0.2, 0) is 23.1 Å². The summed E-state index contributed by atoms with van der Waals surface area (Å²) in [5.74, 6) is 1.44. The summed E-state index contributed by atoms with van der Waals surface area (Å²) in [6.07, 6.45) is 3.75. The predicted molar refractivity (Wildman–Crippen MR) is 114 cm³/mol. The van der Waals surface area contributed by atoms with E-state index in [2.05, 4.69) is 30.5 Å². The highest BCUT2D eigenvalue weighted by atomic mass is 32.2. The van der Waals surface area contributed by atoms with Crippen molar-refractivity contribution in [3.8, 4) is 0 Å². The molecule has 1 fully saturated rings. The molecule has 158 valence electrons. The number of aromatic nitrogens is 3. The predicted octanol–water partition coefficient (Wildman–Crippen LogP) is 1.43. The number of aliphatic imine (C=N–C) groups is 1. The molecule has 0 unspecified atom stereocenters. The zero-order chi connectivity index (χ0) is 21.0. The van der Waals surface area contributed by atoms with Crippen LogP contribution in [-0.4, -0.2) is 41.6 Å². The molecule has 10 heteroatoms. The molecule has 2 aromatic heterocycles. The molecule has 0 aliphatic heterocycles. The van der Waals surface area contributed by atoms with Gasteiger partial charge in [0.1, 0.15) is 0 Å². The molecule has 1 aromatic carbocycles. The average Bonchev–Trinajstić information content (AvgIpc) is 3.46. The van der Waals surface area contributed by atoms with Gasteiger partial charge in [-0.05, 0) is 49.6 Å². The highest BCUT2D eigenvalue weighted by molar-refractivity contribution is 7.89. The lowest BCUT2D eigenvalue weighted by atomic mass is 10.2. The van der Waals surface area contributed by atoms with E-state index in [1.165, 1.54) is 0 Å². The molecule has 30 heavy (non-hydrogen) atoms. The Labute approximate surface area is 175 Å². The van der Waals surface area contributed by atoms with E-state index in [-0.39, 0.29) is 10.9 Å². The Hall–Kier alpha value is -2.98. The van der Waals surface area contributed by atoms with Crippen LogP contribution in [0.15, 0.2) is 58.5 Å². The molecule has 0 saturated heterocycles. The highest BCUT2D eigenvalue weighted by Gasteiger charge is 2.27. The number of pyridine rings is 1. The molecule has 0 radical (unpaired) electrons. The number of guanidine groups is 1. The third-order valence-electron chi connectivity index (χ3n) is 4.70. The second kappa shape index (κ2) is 8.80. The number of hydrogen-bond donors (Lipinski definition) is 3. The van der Waals surface area contributed by atoms with E-state index in [0.29, 0.717) is 19.0 Å². The minimum atomic E-state index is -3.43. The van der Waals surface area contributed by atoms with Crippen LogP contribution >= 0.6 is 0 Å². The van der Waals surface area contributed by atoms with Gasteiger partial charge in [0.05, 0.1) is 18.0 Å². The van der Waals surface area contributed by atoms with Gasteiger partial charge in [-0.15, -0.1) is 10.2 Å². The maximum atomic E-state index is 12.3. The molecule has 3 N–H and O–H groups in total. The van der Waals surface area contributed by atoms with E-state index in [4.69, 9.17) is 0 Å². The fraction of sp³-hybridized carbons (Fsp3) is 0.350. The molecule has 1 saturated carbocycles. The molecular weight excluding hydrogens is 402 g/mol. The zero-order valence-corrected chi connectivity index (χ0v) is 17.6. The molecular formula is C20H25N7O2S. The van der Waals surface area contributed by atoms with Gasteiger partial charge in [0.25, 0.3) is 0 Å². The third-order valence-corrected chi connectivity index (χ3v) is 6.23. The maximum Gasteiger partial charge on any atom is 0.240 e. The molecule has 2 heterocycles. The average molecular weight is 428 g/mol. The lowest BCUT2D eigenvalue weighted by molar-refractivity contribution is 0.581. The molecule has 3 aromatic rings. The number of nitrogens with zero attached hydrogens (tertiary/aromatic N) is 4. The van der Waals surface area contributed by atoms with E-state index in [0.717, 1.165) is 36.4 Å². The van der Waals surface area contributed by atoms with Crippen molar-refractivity contribution in [1.82, 2.24) is 30.0 Å². The maximum absolute atomic E-state index is 12.3. The summed E-state index contributed by atoms with van der Waals surface area (Å²) >= 11 is 0. The first-order valence-corrected chi connectivity index (χ1v) is 11.5. The number of nitrogens with one attached hydrogen (secondary N) is 3. The van der Waals surface area contributed by atoms with E-state index >= 15 is 0 Å². The fourth-order valence-electron chi connectivity index (χ4n) is 2.95. The molecule has 0 atom stereocenters. The Balaban J connectivity index is 1.39. The smallest absolute Gasteiger partial charge is 0.240 e. The van der Waals surface area contributed by atoms with E-state index in [1.54, 1.807) is 24.3 Å². The normalized spacial score (nSPS) is 14.8. The quantitative estimate of drug-likeness (QED) is 0.370. The zero-order valence-electron chi connectivity index (χ0n) is 16.7. The van der Waals surface area contributed by atoms with Gasteiger partial charge in [-0.2, -0.15) is 0 Å². The van der Waals surface area contributed by atoms with Crippen LogP contribution in [0.1, 0.15) is 31.2 Å². The van der Waals surface area contributed by atoms with Gasteiger partial charge in [-0.25, -0.2) is 18.1 Å². The summed E-state index contributed by atoms with van der Waals surface area (Å²) in [5, 5.41) is 14.8. The number of benzene rings is 1. The van der Waals surface area contributed by atoms with Crippen molar-refractivity contribution in [3.05, 3.63) is 60.0 Å². The van der Waals surface area contributed by atoms with Crippen LogP contribution in [0.3, 0.4) is 0 Å². The third kappa shape index (κ3) is 4.95. The lowest BCUT2D eigenvalue weighted by Gasteiger charge is -2.11. The van der Waals surface area contributed by atoms with E-state index in [9.17, 15) is 8.42 Å². The molecule has 0 bridgehead atoms. The lowest BCUT2D eigenvalue weighted by Crippen LogP contribution is -2.37. The first kappa shape index (κ1) is 20.3. The van der Waals surface area contributed by atoms with Crippen LogP contribution in [0.25, 0.3) is 5.65 Å². The summed E-state index contributed by atoms with van der Waals surface area (Å²) in [5.41, 5.74) is 1.72. The molecule has 9 nitrogen and oxygen atoms in total. The van der Waals surface area contributed by atoms with Crippen LogP contribution in [0.2, 0.25) is 0 Å². The van der Waals surface area contributed by atoms with Crippen molar-refractivity contribution in [2.75, 3.05) is 6.54 Å². The van der Waals surface area contributed by atoms with Crippen molar-refractivity contribution in [2.24, 2.45) is 4.99 Å². The monoisotopic (exact) mass is 427 g/mol. The van der Waals surface area contributed by atoms with Gasteiger partial charge in [0.15, 0.2) is 17.4 Å². The second-order valence-electron chi connectivity index (χ2n) is 7.13. The van der Waals surface area contributed by atoms with Crippen LogP contribution < -0.4 is 15.4 Å². The standard InChI is InChI=1S/C20H25N7O2S/c1-2-21-20(23-14-19-25-24-18-5-3-4-12-27(18)19)22-13-15-6-10-17(11-7-15)30(28,29)26-16-8-9-16/h3-7,10-12,16,26H,2,8-9,13-14H2,1H3,(H2,21,22,23). The van der Waals surface area contributed by atoms with Crippen molar-refractivity contribution < 1.29 is 8.42 Å². The summed E-state index contributed by atoms with van der Waals surface area (Å²) in [7, 11) is -3.43. The Morgan fingerprint density at radius 2 is 1.93 bits per heavy atom.